The highest BCUT2D eigenvalue weighted by atomic mass is 35.5. The Morgan fingerprint density at radius 2 is 1.84 bits per heavy atom. The summed E-state index contributed by atoms with van der Waals surface area (Å²) in [6, 6.07) is 13.3. The second kappa shape index (κ2) is 7.72. The summed E-state index contributed by atoms with van der Waals surface area (Å²) in [5.74, 6) is -0.335. The first kappa shape index (κ1) is 16.9. The number of benzene rings is 2. The van der Waals surface area contributed by atoms with Gasteiger partial charge in [-0.2, -0.15) is 0 Å². The van der Waals surface area contributed by atoms with E-state index in [1.165, 1.54) is 18.5 Å². The van der Waals surface area contributed by atoms with Crippen molar-refractivity contribution in [2.75, 3.05) is 10.6 Å². The third kappa shape index (κ3) is 4.51. The molecule has 2 N–H and O–H groups in total. The molecule has 2 aromatic carbocycles. The van der Waals surface area contributed by atoms with E-state index in [1.54, 1.807) is 42.5 Å². The molecule has 0 spiro atoms. The Hall–Kier alpha value is -2.99. The second-order valence-electron chi connectivity index (χ2n) is 5.20. The van der Waals surface area contributed by atoms with Gasteiger partial charge in [0.2, 0.25) is 5.95 Å². The van der Waals surface area contributed by atoms with Gasteiger partial charge >= 0.3 is 0 Å². The fourth-order valence-electron chi connectivity index (χ4n) is 2.12. The number of carbonyl (C=O) groups is 1. The van der Waals surface area contributed by atoms with Crippen molar-refractivity contribution in [3.05, 3.63) is 82.9 Å². The molecule has 1 aromatic heterocycles. The highest BCUT2D eigenvalue weighted by molar-refractivity contribution is 6.30. The smallest absolute Gasteiger partial charge is 0.258 e. The van der Waals surface area contributed by atoms with Crippen molar-refractivity contribution >= 4 is 29.1 Å². The molecule has 0 unspecified atom stereocenters. The van der Waals surface area contributed by atoms with E-state index in [-0.39, 0.29) is 18.3 Å². The number of halogens is 2. The van der Waals surface area contributed by atoms with Crippen LogP contribution in [0.4, 0.5) is 16.0 Å². The predicted octanol–water partition coefficient (Wildman–Crippen LogP) is 4.13. The summed E-state index contributed by atoms with van der Waals surface area (Å²) in [4.78, 5) is 20.3. The molecule has 0 aliphatic heterocycles. The van der Waals surface area contributed by atoms with Crippen LogP contribution in [0, 0.1) is 5.82 Å². The van der Waals surface area contributed by atoms with Crippen LogP contribution in [0.3, 0.4) is 0 Å². The Morgan fingerprint density at radius 1 is 1.08 bits per heavy atom. The number of nitrogens with one attached hydrogen (secondary N) is 2. The molecule has 5 nitrogen and oxygen atoms in total. The molecular weight excluding hydrogens is 343 g/mol. The molecule has 0 radical (unpaired) electrons. The van der Waals surface area contributed by atoms with E-state index in [0.717, 1.165) is 0 Å². The van der Waals surface area contributed by atoms with E-state index in [1.807, 2.05) is 0 Å². The van der Waals surface area contributed by atoms with E-state index in [2.05, 4.69) is 20.6 Å². The normalized spacial score (nSPS) is 10.3. The van der Waals surface area contributed by atoms with E-state index in [9.17, 15) is 9.18 Å². The van der Waals surface area contributed by atoms with Gasteiger partial charge in [0, 0.05) is 35.2 Å². The molecule has 3 rings (SSSR count). The van der Waals surface area contributed by atoms with Gasteiger partial charge in [0.1, 0.15) is 5.82 Å². The number of carbonyl (C=O) groups excluding carboxylic acids is 1. The van der Waals surface area contributed by atoms with Gasteiger partial charge in [0.15, 0.2) is 0 Å². The number of hydrogen-bond donors (Lipinski definition) is 2. The number of nitrogens with zero attached hydrogens (tertiary/aromatic N) is 2. The van der Waals surface area contributed by atoms with Gasteiger partial charge in [0.05, 0.1) is 5.56 Å². The van der Waals surface area contributed by atoms with E-state index >= 15 is 0 Å². The van der Waals surface area contributed by atoms with Crippen LogP contribution < -0.4 is 10.6 Å². The zero-order valence-electron chi connectivity index (χ0n) is 13.0. The molecule has 0 saturated carbocycles. The van der Waals surface area contributed by atoms with Gasteiger partial charge in [-0.25, -0.2) is 14.4 Å². The van der Waals surface area contributed by atoms with Crippen molar-refractivity contribution in [3.8, 4) is 0 Å². The standard InChI is InChI=1S/C18H14ClFN4O/c19-14-5-3-6-15(8-14)24-17(25)13-10-22-18(23-11-13)21-9-12-4-1-2-7-16(12)20/h1-8,10-11H,9H2,(H,24,25)(H,21,22,23). The highest BCUT2D eigenvalue weighted by Gasteiger charge is 2.08. The van der Waals surface area contributed by atoms with E-state index in [0.29, 0.717) is 27.8 Å². The Balaban J connectivity index is 1.61. The minimum Gasteiger partial charge on any atom is -0.350 e. The Kier molecular flexibility index (Phi) is 5.20. The van der Waals surface area contributed by atoms with Crippen molar-refractivity contribution in [3.63, 3.8) is 0 Å². The van der Waals surface area contributed by atoms with Crippen LogP contribution in [0.5, 0.6) is 0 Å². The summed E-state index contributed by atoms with van der Waals surface area (Å²) >= 11 is 5.88. The fraction of sp³-hybridized carbons (Fsp3) is 0.0556. The number of aromatic nitrogens is 2. The lowest BCUT2D eigenvalue weighted by Crippen LogP contribution is -2.13. The topological polar surface area (TPSA) is 66.9 Å². The molecule has 126 valence electrons. The van der Waals surface area contributed by atoms with Gasteiger partial charge in [-0.1, -0.05) is 35.9 Å². The quantitative estimate of drug-likeness (QED) is 0.721. The minimum absolute atomic E-state index is 0.251. The summed E-state index contributed by atoms with van der Waals surface area (Å²) in [6.45, 7) is 0.251. The average molecular weight is 357 g/mol. The maximum atomic E-state index is 13.6. The van der Waals surface area contributed by atoms with Gasteiger partial charge in [0.25, 0.3) is 5.91 Å². The summed E-state index contributed by atoms with van der Waals surface area (Å²) in [6.07, 6.45) is 2.80. The fourth-order valence-corrected chi connectivity index (χ4v) is 2.31. The Bertz CT molecular complexity index is 886. The van der Waals surface area contributed by atoms with Gasteiger partial charge in [-0.15, -0.1) is 0 Å². The summed E-state index contributed by atoms with van der Waals surface area (Å²) in [5.41, 5.74) is 1.39. The number of anilines is 2. The summed E-state index contributed by atoms with van der Waals surface area (Å²) in [5, 5.41) is 6.15. The van der Waals surface area contributed by atoms with Crippen molar-refractivity contribution in [1.29, 1.82) is 0 Å². The molecule has 0 saturated heterocycles. The minimum atomic E-state index is -0.345. The maximum absolute atomic E-state index is 13.6. The first-order valence-electron chi connectivity index (χ1n) is 7.48. The van der Waals surface area contributed by atoms with Crippen molar-refractivity contribution in [1.82, 2.24) is 9.97 Å². The van der Waals surface area contributed by atoms with Crippen LogP contribution in [0.25, 0.3) is 0 Å². The molecule has 25 heavy (non-hydrogen) atoms. The SMILES string of the molecule is O=C(Nc1cccc(Cl)c1)c1cnc(NCc2ccccc2F)nc1. The zero-order chi connectivity index (χ0) is 17.6. The van der Waals surface area contributed by atoms with Crippen LogP contribution in [-0.4, -0.2) is 15.9 Å². The van der Waals surface area contributed by atoms with Crippen LogP contribution >= 0.6 is 11.6 Å². The molecule has 0 fully saturated rings. The summed E-state index contributed by atoms with van der Waals surface area (Å²) < 4.78 is 13.6. The number of amides is 1. The monoisotopic (exact) mass is 356 g/mol. The number of rotatable bonds is 5. The van der Waals surface area contributed by atoms with Crippen molar-refractivity contribution in [2.45, 2.75) is 6.54 Å². The first-order valence-corrected chi connectivity index (χ1v) is 7.86. The van der Waals surface area contributed by atoms with Crippen molar-refractivity contribution in [2.24, 2.45) is 0 Å². The zero-order valence-corrected chi connectivity index (χ0v) is 13.8. The average Bonchev–Trinajstić information content (AvgIpc) is 2.61. The van der Waals surface area contributed by atoms with Gasteiger partial charge < -0.3 is 10.6 Å². The third-order valence-electron chi connectivity index (χ3n) is 3.39. The third-order valence-corrected chi connectivity index (χ3v) is 3.63. The van der Waals surface area contributed by atoms with E-state index in [4.69, 9.17) is 11.6 Å². The lowest BCUT2D eigenvalue weighted by molar-refractivity contribution is 0.102. The molecule has 0 aliphatic rings. The van der Waals surface area contributed by atoms with E-state index < -0.39 is 0 Å². The van der Waals surface area contributed by atoms with Crippen LogP contribution in [0.1, 0.15) is 15.9 Å². The largest absolute Gasteiger partial charge is 0.350 e. The van der Waals surface area contributed by atoms with Crippen LogP contribution in [0.15, 0.2) is 60.9 Å². The van der Waals surface area contributed by atoms with Crippen LogP contribution in [-0.2, 0) is 6.54 Å². The first-order chi connectivity index (χ1) is 12.1. The molecular formula is C18H14ClFN4O. The van der Waals surface area contributed by atoms with Gasteiger partial charge in [-0.05, 0) is 24.3 Å². The lowest BCUT2D eigenvalue weighted by Gasteiger charge is -2.07. The molecule has 1 heterocycles. The molecule has 7 heteroatoms. The van der Waals surface area contributed by atoms with Crippen molar-refractivity contribution < 1.29 is 9.18 Å². The molecule has 1 amide bonds. The Labute approximate surface area is 148 Å². The molecule has 0 atom stereocenters. The Morgan fingerprint density at radius 3 is 2.56 bits per heavy atom. The summed E-state index contributed by atoms with van der Waals surface area (Å²) in [7, 11) is 0. The molecule has 3 aromatic rings. The second-order valence-corrected chi connectivity index (χ2v) is 5.64. The maximum Gasteiger partial charge on any atom is 0.258 e. The van der Waals surface area contributed by atoms with Gasteiger partial charge in [-0.3, -0.25) is 4.79 Å². The highest BCUT2D eigenvalue weighted by Crippen LogP contribution is 2.16. The molecule has 0 bridgehead atoms. The number of hydrogen-bond acceptors (Lipinski definition) is 4. The van der Waals surface area contributed by atoms with Crippen LogP contribution in [0.2, 0.25) is 5.02 Å². The molecule has 0 aliphatic carbocycles. The predicted molar refractivity (Wildman–Crippen MR) is 95.2 cm³/mol. The lowest BCUT2D eigenvalue weighted by atomic mass is 10.2.